The predicted octanol–water partition coefficient (Wildman–Crippen LogP) is 3.62. The number of rotatable bonds is 6. The van der Waals surface area contributed by atoms with Crippen LogP contribution in [-0.2, 0) is 16.1 Å². The van der Waals surface area contributed by atoms with E-state index in [1.807, 2.05) is 0 Å². The number of ether oxygens (including phenoxy) is 2. The summed E-state index contributed by atoms with van der Waals surface area (Å²) in [5.41, 5.74) is 0.945. The second kappa shape index (κ2) is 8.58. The number of Topliss-reactive ketones (excluding diaryl/α,β-unsaturated/α-hetero) is 1. The summed E-state index contributed by atoms with van der Waals surface area (Å²) in [6.07, 6.45) is 3.22. The van der Waals surface area contributed by atoms with Crippen molar-refractivity contribution in [2.75, 3.05) is 14.2 Å². The molecule has 3 aromatic rings. The molecule has 2 aromatic heterocycles. The van der Waals surface area contributed by atoms with Gasteiger partial charge in [0.05, 0.1) is 25.4 Å². The molecule has 1 aromatic carbocycles. The van der Waals surface area contributed by atoms with Gasteiger partial charge in [-0.25, -0.2) is 0 Å². The number of likely N-dealkylation sites (tertiary alicyclic amines) is 1. The van der Waals surface area contributed by atoms with E-state index in [1.165, 1.54) is 19.1 Å². The van der Waals surface area contributed by atoms with E-state index in [0.29, 0.717) is 23.0 Å². The summed E-state index contributed by atoms with van der Waals surface area (Å²) in [7, 11) is 2.94. The van der Waals surface area contributed by atoms with Crippen LogP contribution in [0.4, 0.5) is 0 Å². The first-order valence-electron chi connectivity index (χ1n) is 9.90. The van der Waals surface area contributed by atoms with Crippen LogP contribution in [0.25, 0.3) is 5.76 Å². The molecular weight excluding hydrogens is 412 g/mol. The van der Waals surface area contributed by atoms with Gasteiger partial charge >= 0.3 is 0 Å². The molecule has 1 N–H and O–H groups in total. The lowest BCUT2D eigenvalue weighted by Gasteiger charge is -2.23. The quantitative estimate of drug-likeness (QED) is 0.359. The molecule has 164 valence electrons. The third kappa shape index (κ3) is 3.71. The number of furan rings is 1. The van der Waals surface area contributed by atoms with Crippen molar-refractivity contribution in [2.45, 2.75) is 19.5 Å². The second-order valence-corrected chi connectivity index (χ2v) is 7.30. The predicted molar refractivity (Wildman–Crippen MR) is 115 cm³/mol. The SMILES string of the molecule is COc1ccc(OC)c(/C(O)=C2\C(=O)C(=O)N(Cc3ccncc3)C2c2ccc(C)o2)c1. The number of amides is 1. The van der Waals surface area contributed by atoms with Crippen LogP contribution in [0.3, 0.4) is 0 Å². The summed E-state index contributed by atoms with van der Waals surface area (Å²) in [6.45, 7) is 1.91. The van der Waals surface area contributed by atoms with Crippen LogP contribution >= 0.6 is 0 Å². The minimum Gasteiger partial charge on any atom is -0.507 e. The van der Waals surface area contributed by atoms with Gasteiger partial charge in [-0.15, -0.1) is 0 Å². The lowest BCUT2D eigenvalue weighted by molar-refractivity contribution is -0.140. The minimum absolute atomic E-state index is 0.0787. The van der Waals surface area contributed by atoms with Crippen molar-refractivity contribution in [2.24, 2.45) is 0 Å². The van der Waals surface area contributed by atoms with Crippen molar-refractivity contribution >= 4 is 17.4 Å². The number of aromatic nitrogens is 1. The van der Waals surface area contributed by atoms with Crippen LogP contribution in [0.5, 0.6) is 11.5 Å². The molecule has 1 aliphatic rings. The highest BCUT2D eigenvalue weighted by Crippen LogP contribution is 2.42. The monoisotopic (exact) mass is 434 g/mol. The number of hydrogen-bond acceptors (Lipinski definition) is 7. The summed E-state index contributed by atoms with van der Waals surface area (Å²) in [5, 5.41) is 11.3. The van der Waals surface area contributed by atoms with E-state index in [1.54, 1.807) is 61.8 Å². The number of aliphatic hydroxyl groups excluding tert-OH is 1. The van der Waals surface area contributed by atoms with Crippen molar-refractivity contribution < 1.29 is 28.6 Å². The van der Waals surface area contributed by atoms with Gasteiger partial charge in [0.15, 0.2) is 0 Å². The average molecular weight is 434 g/mol. The van der Waals surface area contributed by atoms with Crippen LogP contribution in [-0.4, -0.2) is 40.9 Å². The Balaban J connectivity index is 1.89. The Labute approximate surface area is 184 Å². The molecule has 32 heavy (non-hydrogen) atoms. The van der Waals surface area contributed by atoms with Gasteiger partial charge in [-0.05, 0) is 55.0 Å². The van der Waals surface area contributed by atoms with Crippen molar-refractivity contribution in [3.8, 4) is 11.5 Å². The molecule has 8 nitrogen and oxygen atoms in total. The molecule has 3 heterocycles. The molecule has 1 saturated heterocycles. The molecule has 1 amide bonds. The second-order valence-electron chi connectivity index (χ2n) is 7.30. The number of hydrogen-bond donors (Lipinski definition) is 1. The highest BCUT2D eigenvalue weighted by Gasteiger charge is 2.47. The summed E-state index contributed by atoms with van der Waals surface area (Å²) in [4.78, 5) is 31.5. The Kier molecular flexibility index (Phi) is 5.68. The minimum atomic E-state index is -0.909. The first kappa shape index (κ1) is 21.2. The van der Waals surface area contributed by atoms with Gasteiger partial charge in [-0.3, -0.25) is 14.6 Å². The Morgan fingerprint density at radius 3 is 2.47 bits per heavy atom. The molecule has 0 radical (unpaired) electrons. The summed E-state index contributed by atoms with van der Waals surface area (Å²) < 4.78 is 16.4. The van der Waals surface area contributed by atoms with Crippen molar-refractivity contribution in [3.63, 3.8) is 0 Å². The van der Waals surface area contributed by atoms with Gasteiger partial charge in [0.25, 0.3) is 11.7 Å². The Morgan fingerprint density at radius 2 is 1.84 bits per heavy atom. The molecule has 1 fully saturated rings. The number of pyridine rings is 1. The summed E-state index contributed by atoms with van der Waals surface area (Å²) in [5.74, 6) is -0.116. The van der Waals surface area contributed by atoms with Gasteiger partial charge in [-0.1, -0.05) is 0 Å². The fraction of sp³-hybridized carbons (Fsp3) is 0.208. The van der Waals surface area contributed by atoms with E-state index < -0.39 is 17.7 Å². The lowest BCUT2D eigenvalue weighted by atomic mass is 9.98. The number of carbonyl (C=O) groups is 2. The molecule has 8 heteroatoms. The maximum absolute atomic E-state index is 13.1. The number of ketones is 1. The van der Waals surface area contributed by atoms with E-state index in [9.17, 15) is 14.7 Å². The molecular formula is C24H22N2O6. The van der Waals surface area contributed by atoms with Gasteiger partial charge in [0, 0.05) is 18.9 Å². The zero-order chi connectivity index (χ0) is 22.8. The largest absolute Gasteiger partial charge is 0.507 e. The van der Waals surface area contributed by atoms with Gasteiger partial charge < -0.3 is 23.9 Å². The highest BCUT2D eigenvalue weighted by molar-refractivity contribution is 6.46. The third-order valence-electron chi connectivity index (χ3n) is 5.33. The Morgan fingerprint density at radius 1 is 1.09 bits per heavy atom. The maximum Gasteiger partial charge on any atom is 0.296 e. The fourth-order valence-electron chi connectivity index (χ4n) is 3.77. The molecule has 1 aliphatic heterocycles. The molecule has 4 rings (SSSR count). The van der Waals surface area contributed by atoms with Crippen molar-refractivity contribution in [3.05, 3.63) is 83.1 Å². The van der Waals surface area contributed by atoms with Crippen molar-refractivity contribution in [1.82, 2.24) is 9.88 Å². The fourth-order valence-corrected chi connectivity index (χ4v) is 3.77. The molecule has 0 bridgehead atoms. The van der Waals surface area contributed by atoms with E-state index in [-0.39, 0.29) is 23.4 Å². The lowest BCUT2D eigenvalue weighted by Crippen LogP contribution is -2.29. The van der Waals surface area contributed by atoms with Crippen LogP contribution in [0, 0.1) is 6.92 Å². The molecule has 0 aliphatic carbocycles. The number of aliphatic hydroxyl groups is 1. The smallest absolute Gasteiger partial charge is 0.296 e. The molecule has 1 unspecified atom stereocenters. The van der Waals surface area contributed by atoms with Crippen LogP contribution in [0.2, 0.25) is 0 Å². The van der Waals surface area contributed by atoms with Crippen LogP contribution in [0.1, 0.15) is 28.7 Å². The van der Waals surface area contributed by atoms with E-state index >= 15 is 0 Å². The van der Waals surface area contributed by atoms with E-state index in [2.05, 4.69) is 4.98 Å². The number of nitrogens with zero attached hydrogens (tertiary/aromatic N) is 2. The first-order chi connectivity index (χ1) is 15.4. The van der Waals surface area contributed by atoms with Gasteiger partial charge in [0.1, 0.15) is 34.8 Å². The zero-order valence-corrected chi connectivity index (χ0v) is 17.9. The van der Waals surface area contributed by atoms with E-state index in [0.717, 1.165) is 5.56 Å². The normalized spacial score (nSPS) is 17.6. The third-order valence-corrected chi connectivity index (χ3v) is 5.33. The zero-order valence-electron chi connectivity index (χ0n) is 17.9. The van der Waals surface area contributed by atoms with Crippen LogP contribution in [0.15, 0.2) is 64.8 Å². The number of benzene rings is 1. The number of aryl methyl sites for hydroxylation is 1. The summed E-state index contributed by atoms with van der Waals surface area (Å²) in [6, 6.07) is 10.9. The van der Waals surface area contributed by atoms with E-state index in [4.69, 9.17) is 13.9 Å². The Hall–Kier alpha value is -4.07. The standard InChI is InChI=1S/C24H22N2O6/c1-14-4-6-19(32-14)21-20(22(27)17-12-16(30-2)5-7-18(17)31-3)23(28)24(29)26(21)13-15-8-10-25-11-9-15/h4-12,21,27H,13H2,1-3H3/b22-20+. The number of carbonyl (C=O) groups excluding carboxylic acids is 2. The average Bonchev–Trinajstić information content (AvgIpc) is 3.35. The highest BCUT2D eigenvalue weighted by atomic mass is 16.5. The molecule has 0 saturated carbocycles. The van der Waals surface area contributed by atoms with Gasteiger partial charge in [0.2, 0.25) is 0 Å². The Bertz CT molecular complexity index is 1200. The summed E-state index contributed by atoms with van der Waals surface area (Å²) >= 11 is 0. The van der Waals surface area contributed by atoms with Gasteiger partial charge in [-0.2, -0.15) is 0 Å². The maximum atomic E-state index is 13.1. The molecule has 0 spiro atoms. The van der Waals surface area contributed by atoms with Crippen molar-refractivity contribution in [1.29, 1.82) is 0 Å². The molecule has 1 atom stereocenters. The van der Waals surface area contributed by atoms with Crippen LogP contribution < -0.4 is 9.47 Å². The number of methoxy groups -OCH3 is 2. The first-order valence-corrected chi connectivity index (χ1v) is 9.90. The topological polar surface area (TPSA) is 102 Å².